The van der Waals surface area contributed by atoms with Gasteiger partial charge in [-0.2, -0.15) is 0 Å². The third-order valence-electron chi connectivity index (χ3n) is 3.46. The second-order valence-corrected chi connectivity index (χ2v) is 6.48. The van der Waals surface area contributed by atoms with Gasteiger partial charge in [0.05, 0.1) is 6.20 Å². The normalized spacial score (nSPS) is 26.3. The van der Waals surface area contributed by atoms with Gasteiger partial charge >= 0.3 is 0 Å². The fourth-order valence-corrected chi connectivity index (χ4v) is 3.91. The zero-order valence-electron chi connectivity index (χ0n) is 9.87. The quantitative estimate of drug-likeness (QED) is 0.822. The van der Waals surface area contributed by atoms with Crippen LogP contribution in [0.3, 0.4) is 0 Å². The van der Waals surface area contributed by atoms with Crippen LogP contribution in [0.1, 0.15) is 25.1 Å². The van der Waals surface area contributed by atoms with Gasteiger partial charge < -0.3 is 10.3 Å². The molecule has 0 spiro atoms. The van der Waals surface area contributed by atoms with Crippen molar-refractivity contribution in [2.24, 2.45) is 5.73 Å². The molecule has 0 atom stereocenters. The minimum atomic E-state index is -3.43. The molecule has 1 aliphatic carbocycles. The number of fused-ring (bicyclic) bond motifs is 1. The van der Waals surface area contributed by atoms with E-state index in [9.17, 15) is 8.42 Å². The van der Waals surface area contributed by atoms with Crippen molar-refractivity contribution in [1.29, 1.82) is 0 Å². The molecule has 1 fully saturated rings. The Morgan fingerprint density at radius 2 is 2.17 bits per heavy atom. The number of imidazole rings is 1. The van der Waals surface area contributed by atoms with E-state index in [1.165, 1.54) is 6.20 Å². The zero-order valence-corrected chi connectivity index (χ0v) is 11.5. The fraction of sp³-hybridized carbons (Fsp3) is 0.700. The highest BCUT2D eigenvalue weighted by Gasteiger charge is 2.32. The molecule has 1 aromatic heterocycles. The van der Waals surface area contributed by atoms with E-state index in [2.05, 4.69) is 9.71 Å². The van der Waals surface area contributed by atoms with Gasteiger partial charge in [-0.25, -0.2) is 18.1 Å². The minimum absolute atomic E-state index is 0. The summed E-state index contributed by atoms with van der Waals surface area (Å²) in [6.45, 7) is 0.746. The zero-order chi connectivity index (χ0) is 12.0. The number of hydrogen-bond donors (Lipinski definition) is 2. The summed E-state index contributed by atoms with van der Waals surface area (Å²) in [5.41, 5.74) is 5.64. The van der Waals surface area contributed by atoms with Gasteiger partial charge in [0.25, 0.3) is 10.0 Å². The summed E-state index contributed by atoms with van der Waals surface area (Å²) in [6.07, 6.45) is 4.74. The standard InChI is InChI=1S/C10H16N4O2S.ClH/c11-7-4-8(5-7)13-17(15,16)10-6-12-9-2-1-3-14(9)10;/h6-8,13H,1-5,11H2;1H. The van der Waals surface area contributed by atoms with E-state index in [0.717, 1.165) is 38.1 Å². The second-order valence-electron chi connectivity index (χ2n) is 4.82. The number of rotatable bonds is 3. The first kappa shape index (κ1) is 13.8. The summed E-state index contributed by atoms with van der Waals surface area (Å²) in [4.78, 5) is 4.15. The van der Waals surface area contributed by atoms with Gasteiger partial charge in [0.15, 0.2) is 5.03 Å². The molecule has 0 saturated heterocycles. The van der Waals surface area contributed by atoms with Crippen LogP contribution >= 0.6 is 12.4 Å². The maximum Gasteiger partial charge on any atom is 0.258 e. The summed E-state index contributed by atoms with van der Waals surface area (Å²) >= 11 is 0. The molecule has 2 heterocycles. The lowest BCUT2D eigenvalue weighted by Crippen LogP contribution is -2.50. The van der Waals surface area contributed by atoms with Crippen molar-refractivity contribution in [1.82, 2.24) is 14.3 Å². The molecular formula is C10H17ClN4O2S. The van der Waals surface area contributed by atoms with E-state index in [1.54, 1.807) is 4.57 Å². The SMILES string of the molecule is Cl.NC1CC(NS(=O)(=O)c2cnc3n2CCC3)C1. The monoisotopic (exact) mass is 292 g/mol. The van der Waals surface area contributed by atoms with Gasteiger partial charge in [0.1, 0.15) is 5.82 Å². The smallest absolute Gasteiger partial charge is 0.258 e. The average Bonchev–Trinajstić information content (AvgIpc) is 2.74. The minimum Gasteiger partial charge on any atom is -0.328 e. The van der Waals surface area contributed by atoms with Crippen LogP contribution in [-0.2, 0) is 23.0 Å². The lowest BCUT2D eigenvalue weighted by atomic mass is 9.89. The van der Waals surface area contributed by atoms with Gasteiger partial charge in [-0.05, 0) is 19.3 Å². The first-order chi connectivity index (χ1) is 8.06. The molecule has 6 nitrogen and oxygen atoms in total. The van der Waals surface area contributed by atoms with Crippen LogP contribution in [0.25, 0.3) is 0 Å². The maximum atomic E-state index is 12.2. The van der Waals surface area contributed by atoms with E-state index in [-0.39, 0.29) is 24.5 Å². The summed E-state index contributed by atoms with van der Waals surface area (Å²) in [5, 5.41) is 0.297. The van der Waals surface area contributed by atoms with Crippen molar-refractivity contribution in [3.8, 4) is 0 Å². The molecule has 0 bridgehead atoms. The summed E-state index contributed by atoms with van der Waals surface area (Å²) in [5.74, 6) is 0.871. The third kappa shape index (κ3) is 2.27. The van der Waals surface area contributed by atoms with Gasteiger partial charge in [-0.1, -0.05) is 0 Å². The Morgan fingerprint density at radius 3 is 2.83 bits per heavy atom. The van der Waals surface area contributed by atoms with Gasteiger partial charge in [0, 0.05) is 25.0 Å². The molecule has 0 unspecified atom stereocenters. The first-order valence-electron chi connectivity index (χ1n) is 5.88. The van der Waals surface area contributed by atoms with Crippen LogP contribution in [0.2, 0.25) is 0 Å². The van der Waals surface area contributed by atoms with E-state index in [0.29, 0.717) is 5.03 Å². The largest absolute Gasteiger partial charge is 0.328 e. The number of aromatic nitrogens is 2. The number of aryl methyl sites for hydroxylation is 1. The van der Waals surface area contributed by atoms with Gasteiger partial charge in [-0.15, -0.1) is 12.4 Å². The molecule has 3 N–H and O–H groups in total. The highest BCUT2D eigenvalue weighted by atomic mass is 35.5. The number of nitrogens with zero attached hydrogens (tertiary/aromatic N) is 2. The van der Waals surface area contributed by atoms with Crippen molar-refractivity contribution < 1.29 is 8.42 Å². The molecule has 2 aliphatic rings. The van der Waals surface area contributed by atoms with E-state index < -0.39 is 10.0 Å². The first-order valence-corrected chi connectivity index (χ1v) is 7.37. The Hall–Kier alpha value is -0.630. The van der Waals surface area contributed by atoms with E-state index >= 15 is 0 Å². The maximum absolute atomic E-state index is 12.2. The second kappa shape index (κ2) is 4.80. The molecule has 1 saturated carbocycles. The summed E-state index contributed by atoms with van der Waals surface area (Å²) in [6, 6.07) is 0.126. The molecule has 18 heavy (non-hydrogen) atoms. The van der Waals surface area contributed by atoms with Crippen LogP contribution in [-0.4, -0.2) is 30.1 Å². The molecular weight excluding hydrogens is 276 g/mol. The highest BCUT2D eigenvalue weighted by Crippen LogP contribution is 2.23. The van der Waals surface area contributed by atoms with Crippen molar-refractivity contribution in [2.45, 2.75) is 49.3 Å². The third-order valence-corrected chi connectivity index (χ3v) is 4.98. The van der Waals surface area contributed by atoms with Crippen LogP contribution < -0.4 is 10.5 Å². The molecule has 1 aliphatic heterocycles. The number of hydrogen-bond acceptors (Lipinski definition) is 4. The van der Waals surface area contributed by atoms with Gasteiger partial charge in [0.2, 0.25) is 0 Å². The van der Waals surface area contributed by atoms with Crippen molar-refractivity contribution in [2.75, 3.05) is 0 Å². The van der Waals surface area contributed by atoms with E-state index in [4.69, 9.17) is 5.73 Å². The summed E-state index contributed by atoms with van der Waals surface area (Å²) in [7, 11) is -3.43. The van der Waals surface area contributed by atoms with Crippen LogP contribution in [0.15, 0.2) is 11.2 Å². The lowest BCUT2D eigenvalue weighted by molar-refractivity contribution is 0.326. The fourth-order valence-electron chi connectivity index (χ4n) is 2.48. The lowest BCUT2D eigenvalue weighted by Gasteiger charge is -2.32. The Bertz CT molecular complexity index is 536. The van der Waals surface area contributed by atoms with Crippen molar-refractivity contribution in [3.63, 3.8) is 0 Å². The molecule has 0 radical (unpaired) electrons. The van der Waals surface area contributed by atoms with Crippen LogP contribution in [0.5, 0.6) is 0 Å². The number of nitrogens with two attached hydrogens (primary N) is 1. The highest BCUT2D eigenvalue weighted by molar-refractivity contribution is 7.89. The number of halogens is 1. The Kier molecular flexibility index (Phi) is 3.68. The molecule has 3 rings (SSSR count). The predicted octanol–water partition coefficient (Wildman–Crippen LogP) is 0.0191. The van der Waals surface area contributed by atoms with E-state index in [1.807, 2.05) is 0 Å². The Labute approximate surface area is 112 Å². The number of sulfonamides is 1. The summed E-state index contributed by atoms with van der Waals surface area (Å²) < 4.78 is 28.8. The molecule has 0 aromatic carbocycles. The molecule has 102 valence electrons. The van der Waals surface area contributed by atoms with Gasteiger partial charge in [-0.3, -0.25) is 0 Å². The number of nitrogens with one attached hydrogen (secondary N) is 1. The van der Waals surface area contributed by atoms with Crippen molar-refractivity contribution >= 4 is 22.4 Å². The average molecular weight is 293 g/mol. The van der Waals surface area contributed by atoms with Crippen LogP contribution in [0, 0.1) is 0 Å². The Balaban J connectivity index is 0.00000120. The van der Waals surface area contributed by atoms with Crippen molar-refractivity contribution in [3.05, 3.63) is 12.0 Å². The molecule has 1 aromatic rings. The topological polar surface area (TPSA) is 90.0 Å². The molecule has 0 amide bonds. The Morgan fingerprint density at radius 1 is 1.44 bits per heavy atom. The van der Waals surface area contributed by atoms with Crippen LogP contribution in [0.4, 0.5) is 0 Å². The predicted molar refractivity (Wildman–Crippen MR) is 69.1 cm³/mol. The molecule has 8 heteroatoms.